The summed E-state index contributed by atoms with van der Waals surface area (Å²) in [6, 6.07) is 4.52. The van der Waals surface area contributed by atoms with Crippen molar-refractivity contribution >= 4 is 11.6 Å². The van der Waals surface area contributed by atoms with Crippen molar-refractivity contribution in [3.8, 4) is 0 Å². The number of hydrogen-bond donors (Lipinski definition) is 0. The zero-order chi connectivity index (χ0) is 9.35. The van der Waals surface area contributed by atoms with Crippen molar-refractivity contribution < 1.29 is 8.78 Å². The van der Waals surface area contributed by atoms with Crippen LogP contribution in [0.25, 0.3) is 0 Å². The Balaban J connectivity index is 3.26. The molecule has 0 aliphatic rings. The summed E-state index contributed by atoms with van der Waals surface area (Å²) in [6.45, 7) is 2.46. The molecule has 1 aromatic rings. The van der Waals surface area contributed by atoms with Crippen LogP contribution in [0.5, 0.6) is 0 Å². The first kappa shape index (κ1) is 9.46. The van der Waals surface area contributed by atoms with Gasteiger partial charge >= 0.3 is 0 Å². The SMILES string of the molecule is Cc1c(Cl)cccc1C(C)(F)F. The fraction of sp³-hybridized carbons (Fsp3) is 0.333. The smallest absolute Gasteiger partial charge is 0.202 e. The Hall–Kier alpha value is -0.630. The minimum Gasteiger partial charge on any atom is -0.202 e. The fourth-order valence-corrected chi connectivity index (χ4v) is 1.26. The maximum atomic E-state index is 12.8. The maximum absolute atomic E-state index is 12.8. The van der Waals surface area contributed by atoms with Crippen LogP contribution in [0.4, 0.5) is 8.78 Å². The van der Waals surface area contributed by atoms with Gasteiger partial charge in [0.15, 0.2) is 0 Å². The first-order valence-corrected chi connectivity index (χ1v) is 3.94. The molecule has 0 aliphatic heterocycles. The molecule has 0 N–H and O–H groups in total. The third-order valence-electron chi connectivity index (χ3n) is 1.74. The average Bonchev–Trinajstić information content (AvgIpc) is 1.92. The number of halogens is 3. The molecule has 0 aromatic heterocycles. The summed E-state index contributed by atoms with van der Waals surface area (Å²) < 4.78 is 25.7. The molecule has 0 atom stereocenters. The Labute approximate surface area is 75.2 Å². The Morgan fingerprint density at radius 1 is 1.33 bits per heavy atom. The van der Waals surface area contributed by atoms with Gasteiger partial charge in [-0.15, -0.1) is 0 Å². The van der Waals surface area contributed by atoms with Crippen molar-refractivity contribution in [2.45, 2.75) is 19.8 Å². The summed E-state index contributed by atoms with van der Waals surface area (Å²) in [4.78, 5) is 0. The van der Waals surface area contributed by atoms with Crippen molar-refractivity contribution in [3.05, 3.63) is 34.3 Å². The third-order valence-corrected chi connectivity index (χ3v) is 2.15. The molecule has 1 aromatic carbocycles. The lowest BCUT2D eigenvalue weighted by atomic mass is 10.0. The van der Waals surface area contributed by atoms with Gasteiger partial charge in [-0.05, 0) is 18.6 Å². The minimum absolute atomic E-state index is 0.00463. The van der Waals surface area contributed by atoms with Crippen molar-refractivity contribution in [1.29, 1.82) is 0 Å². The molecule has 0 saturated heterocycles. The molecule has 0 unspecified atom stereocenters. The van der Waals surface area contributed by atoms with E-state index in [0.29, 0.717) is 10.6 Å². The van der Waals surface area contributed by atoms with E-state index < -0.39 is 5.92 Å². The van der Waals surface area contributed by atoms with Gasteiger partial charge in [-0.25, -0.2) is 8.78 Å². The van der Waals surface area contributed by atoms with Crippen molar-refractivity contribution in [2.75, 3.05) is 0 Å². The summed E-state index contributed by atoms with van der Waals surface area (Å²) in [6.07, 6.45) is 0. The quantitative estimate of drug-likeness (QED) is 0.633. The highest BCUT2D eigenvalue weighted by atomic mass is 35.5. The third kappa shape index (κ3) is 1.75. The topological polar surface area (TPSA) is 0 Å². The number of hydrogen-bond acceptors (Lipinski definition) is 0. The Morgan fingerprint density at radius 2 is 1.92 bits per heavy atom. The van der Waals surface area contributed by atoms with E-state index in [1.165, 1.54) is 12.1 Å². The van der Waals surface area contributed by atoms with Gasteiger partial charge in [-0.2, -0.15) is 0 Å². The molecule has 0 nitrogen and oxygen atoms in total. The van der Waals surface area contributed by atoms with E-state index in [1.807, 2.05) is 0 Å². The lowest BCUT2D eigenvalue weighted by molar-refractivity contribution is 0.0168. The van der Waals surface area contributed by atoms with Gasteiger partial charge in [0, 0.05) is 17.5 Å². The minimum atomic E-state index is -2.81. The second-order valence-corrected chi connectivity index (χ2v) is 3.21. The lowest BCUT2D eigenvalue weighted by Gasteiger charge is -2.13. The van der Waals surface area contributed by atoms with Crippen molar-refractivity contribution in [2.24, 2.45) is 0 Å². The van der Waals surface area contributed by atoms with Gasteiger partial charge in [0.2, 0.25) is 0 Å². The number of benzene rings is 1. The van der Waals surface area contributed by atoms with E-state index in [4.69, 9.17) is 11.6 Å². The van der Waals surface area contributed by atoms with Gasteiger partial charge in [-0.3, -0.25) is 0 Å². The summed E-state index contributed by atoms with van der Waals surface area (Å²) in [7, 11) is 0. The van der Waals surface area contributed by atoms with Crippen LogP contribution >= 0.6 is 11.6 Å². The molecule has 0 heterocycles. The highest BCUT2D eigenvalue weighted by molar-refractivity contribution is 6.31. The van der Waals surface area contributed by atoms with E-state index in [-0.39, 0.29) is 5.56 Å². The summed E-state index contributed by atoms with van der Waals surface area (Å²) in [5.41, 5.74) is 0.446. The summed E-state index contributed by atoms with van der Waals surface area (Å²) >= 11 is 5.69. The van der Waals surface area contributed by atoms with Crippen LogP contribution in [0.1, 0.15) is 18.1 Å². The van der Waals surface area contributed by atoms with E-state index in [1.54, 1.807) is 13.0 Å². The van der Waals surface area contributed by atoms with Crippen LogP contribution in [0.3, 0.4) is 0 Å². The molecule has 66 valence electrons. The molecule has 0 spiro atoms. The van der Waals surface area contributed by atoms with Gasteiger partial charge in [0.25, 0.3) is 5.92 Å². The molecule has 1 rings (SSSR count). The van der Waals surface area contributed by atoms with Gasteiger partial charge in [-0.1, -0.05) is 23.7 Å². The van der Waals surface area contributed by atoms with Crippen molar-refractivity contribution in [3.63, 3.8) is 0 Å². The van der Waals surface area contributed by atoms with Gasteiger partial charge in [0.05, 0.1) is 0 Å². The highest BCUT2D eigenvalue weighted by Crippen LogP contribution is 2.32. The van der Waals surface area contributed by atoms with E-state index in [0.717, 1.165) is 6.92 Å². The predicted octanol–water partition coefficient (Wildman–Crippen LogP) is 3.76. The Kier molecular flexibility index (Phi) is 2.38. The lowest BCUT2D eigenvalue weighted by Crippen LogP contribution is -2.09. The van der Waals surface area contributed by atoms with Crippen molar-refractivity contribution in [1.82, 2.24) is 0 Å². The average molecular weight is 191 g/mol. The van der Waals surface area contributed by atoms with Gasteiger partial charge < -0.3 is 0 Å². The molecule has 0 aliphatic carbocycles. The monoisotopic (exact) mass is 190 g/mol. The number of alkyl halides is 2. The fourth-order valence-electron chi connectivity index (χ4n) is 1.08. The van der Waals surface area contributed by atoms with E-state index in [2.05, 4.69) is 0 Å². The second kappa shape index (κ2) is 3.02. The first-order valence-electron chi connectivity index (χ1n) is 3.56. The van der Waals surface area contributed by atoms with Crippen LogP contribution < -0.4 is 0 Å². The number of rotatable bonds is 1. The predicted molar refractivity (Wildman–Crippen MR) is 45.8 cm³/mol. The van der Waals surface area contributed by atoms with Crippen LogP contribution in [0.2, 0.25) is 5.02 Å². The first-order chi connectivity index (χ1) is 5.43. The van der Waals surface area contributed by atoms with Crippen LogP contribution in [0, 0.1) is 6.92 Å². The van der Waals surface area contributed by atoms with E-state index in [9.17, 15) is 8.78 Å². The normalized spacial score (nSPS) is 11.8. The maximum Gasteiger partial charge on any atom is 0.270 e. The zero-order valence-corrected chi connectivity index (χ0v) is 7.62. The Bertz CT molecular complexity index is 289. The molecular formula is C9H9ClF2. The molecule has 0 saturated carbocycles. The molecule has 0 bridgehead atoms. The molecular weight excluding hydrogens is 182 g/mol. The van der Waals surface area contributed by atoms with Crippen LogP contribution in [-0.2, 0) is 5.92 Å². The molecule has 12 heavy (non-hydrogen) atoms. The largest absolute Gasteiger partial charge is 0.270 e. The standard InChI is InChI=1S/C9H9ClF2/c1-6-7(9(2,11)12)4-3-5-8(6)10/h3-5H,1-2H3. The second-order valence-electron chi connectivity index (χ2n) is 2.80. The van der Waals surface area contributed by atoms with E-state index >= 15 is 0 Å². The molecule has 0 radical (unpaired) electrons. The zero-order valence-electron chi connectivity index (χ0n) is 6.87. The molecule has 3 heteroatoms. The molecule has 0 amide bonds. The Morgan fingerprint density at radius 3 is 2.33 bits per heavy atom. The summed E-state index contributed by atoms with van der Waals surface area (Å²) in [5, 5.41) is 0.383. The van der Waals surface area contributed by atoms with Crippen LogP contribution in [0.15, 0.2) is 18.2 Å². The van der Waals surface area contributed by atoms with Gasteiger partial charge in [0.1, 0.15) is 0 Å². The molecule has 0 fully saturated rings. The highest BCUT2D eigenvalue weighted by Gasteiger charge is 2.26. The summed E-state index contributed by atoms with van der Waals surface area (Å²) in [5.74, 6) is -2.81. The van der Waals surface area contributed by atoms with Crippen LogP contribution in [-0.4, -0.2) is 0 Å².